The third kappa shape index (κ3) is 2.65. The number of ether oxygens (including phenoxy) is 1. The molecule has 0 spiro atoms. The van der Waals surface area contributed by atoms with Crippen molar-refractivity contribution >= 4 is 28.8 Å². The molecule has 1 unspecified atom stereocenters. The van der Waals surface area contributed by atoms with Crippen molar-refractivity contribution in [3.8, 4) is 5.75 Å². The van der Waals surface area contributed by atoms with E-state index >= 15 is 0 Å². The number of hydrogen-bond donors (Lipinski definition) is 1. The highest BCUT2D eigenvalue weighted by Crippen LogP contribution is 2.31. The number of thiazole rings is 1. The summed E-state index contributed by atoms with van der Waals surface area (Å²) in [5.41, 5.74) is 0. The smallest absolute Gasteiger partial charge is 0.198 e. The first-order valence-corrected chi connectivity index (χ1v) is 6.18. The van der Waals surface area contributed by atoms with Crippen LogP contribution < -0.4 is 10.1 Å². The number of halogens is 1. The molecule has 2 rings (SSSR count). The summed E-state index contributed by atoms with van der Waals surface area (Å²) in [6.07, 6.45) is 3.16. The molecule has 0 amide bonds. The summed E-state index contributed by atoms with van der Waals surface area (Å²) in [5.74, 6) is 1.01. The van der Waals surface area contributed by atoms with Gasteiger partial charge in [-0.25, -0.2) is 15.0 Å². The molecule has 0 aromatic carbocycles. The maximum absolute atomic E-state index is 5.91. The van der Waals surface area contributed by atoms with Crippen molar-refractivity contribution in [1.29, 1.82) is 0 Å². The van der Waals surface area contributed by atoms with Crippen molar-refractivity contribution in [1.82, 2.24) is 15.0 Å². The van der Waals surface area contributed by atoms with E-state index in [0.717, 1.165) is 5.01 Å². The molecule has 0 aliphatic carbocycles. The van der Waals surface area contributed by atoms with Crippen LogP contribution in [0.25, 0.3) is 0 Å². The number of hydrogen-bond acceptors (Lipinski definition) is 6. The Morgan fingerprint density at radius 2 is 2.24 bits per heavy atom. The fraction of sp³-hybridized carbons (Fsp3) is 0.300. The van der Waals surface area contributed by atoms with Crippen molar-refractivity contribution < 1.29 is 4.74 Å². The Morgan fingerprint density at radius 3 is 2.88 bits per heavy atom. The van der Waals surface area contributed by atoms with Crippen LogP contribution in [0.2, 0.25) is 5.15 Å². The van der Waals surface area contributed by atoms with E-state index in [1.807, 2.05) is 12.3 Å². The van der Waals surface area contributed by atoms with Gasteiger partial charge in [-0.3, -0.25) is 0 Å². The Balaban J connectivity index is 2.21. The average molecular weight is 271 g/mol. The Labute approximate surface area is 108 Å². The average Bonchev–Trinajstić information content (AvgIpc) is 2.82. The molecule has 0 aliphatic heterocycles. The number of aromatic nitrogens is 3. The van der Waals surface area contributed by atoms with E-state index in [2.05, 4.69) is 20.3 Å². The van der Waals surface area contributed by atoms with Gasteiger partial charge < -0.3 is 10.1 Å². The molecule has 7 heteroatoms. The molecule has 0 bridgehead atoms. The largest absolute Gasteiger partial charge is 0.490 e. The van der Waals surface area contributed by atoms with Gasteiger partial charge in [0.2, 0.25) is 0 Å². The normalized spacial score (nSPS) is 12.2. The highest BCUT2D eigenvalue weighted by molar-refractivity contribution is 7.09. The highest BCUT2D eigenvalue weighted by atomic mass is 35.5. The minimum absolute atomic E-state index is 0.0369. The van der Waals surface area contributed by atoms with E-state index in [0.29, 0.717) is 11.6 Å². The Morgan fingerprint density at radius 1 is 1.41 bits per heavy atom. The monoisotopic (exact) mass is 270 g/mol. The molecular weight excluding hydrogens is 260 g/mol. The Kier molecular flexibility index (Phi) is 3.75. The molecular formula is C10H11ClN4OS. The van der Waals surface area contributed by atoms with Crippen molar-refractivity contribution in [2.45, 2.75) is 13.0 Å². The van der Waals surface area contributed by atoms with Gasteiger partial charge >= 0.3 is 0 Å². The standard InChI is InChI=1S/C10H11ClN4OS/c1-6(10-12-3-4-17-10)15-9-7(16-2)8(11)13-5-14-9/h3-6H,1-2H3,(H,13,14,15). The van der Waals surface area contributed by atoms with Crippen molar-refractivity contribution in [2.24, 2.45) is 0 Å². The molecule has 2 aromatic heterocycles. The highest BCUT2D eigenvalue weighted by Gasteiger charge is 2.14. The van der Waals surface area contributed by atoms with E-state index in [1.165, 1.54) is 13.4 Å². The molecule has 17 heavy (non-hydrogen) atoms. The minimum atomic E-state index is 0.0369. The lowest BCUT2D eigenvalue weighted by molar-refractivity contribution is 0.412. The van der Waals surface area contributed by atoms with Crippen LogP contribution in [0.4, 0.5) is 5.82 Å². The second kappa shape index (κ2) is 5.29. The van der Waals surface area contributed by atoms with Gasteiger partial charge in [-0.1, -0.05) is 11.6 Å². The first-order valence-electron chi connectivity index (χ1n) is 4.92. The number of nitrogens with one attached hydrogen (secondary N) is 1. The number of methoxy groups -OCH3 is 1. The molecule has 0 aliphatic rings. The van der Waals surface area contributed by atoms with Crippen LogP contribution in [0.1, 0.15) is 18.0 Å². The number of anilines is 1. The first-order chi connectivity index (χ1) is 8.22. The third-order valence-electron chi connectivity index (χ3n) is 2.14. The molecule has 90 valence electrons. The Bertz CT molecular complexity index is 491. The minimum Gasteiger partial charge on any atom is -0.490 e. The molecule has 2 aromatic rings. The number of nitrogens with zero attached hydrogens (tertiary/aromatic N) is 3. The van der Waals surface area contributed by atoms with E-state index in [4.69, 9.17) is 16.3 Å². The predicted octanol–water partition coefficient (Wildman–Crippen LogP) is 2.77. The first kappa shape index (κ1) is 12.1. The van der Waals surface area contributed by atoms with Crippen molar-refractivity contribution in [3.63, 3.8) is 0 Å². The van der Waals surface area contributed by atoms with Crippen LogP contribution in [-0.4, -0.2) is 22.1 Å². The van der Waals surface area contributed by atoms with E-state index < -0.39 is 0 Å². The summed E-state index contributed by atoms with van der Waals surface area (Å²) in [4.78, 5) is 12.2. The second-order valence-corrected chi connectivity index (χ2v) is 4.57. The Hall–Kier alpha value is -1.40. The van der Waals surface area contributed by atoms with Gasteiger partial charge in [0.05, 0.1) is 13.2 Å². The van der Waals surface area contributed by atoms with Gasteiger partial charge in [0.15, 0.2) is 16.7 Å². The lowest BCUT2D eigenvalue weighted by atomic mass is 10.3. The molecule has 1 N–H and O–H groups in total. The lowest BCUT2D eigenvalue weighted by Crippen LogP contribution is -2.09. The zero-order chi connectivity index (χ0) is 12.3. The zero-order valence-corrected chi connectivity index (χ0v) is 10.9. The molecule has 1 atom stereocenters. The predicted molar refractivity (Wildman–Crippen MR) is 67.7 cm³/mol. The van der Waals surface area contributed by atoms with Crippen LogP contribution >= 0.6 is 22.9 Å². The molecule has 5 nitrogen and oxygen atoms in total. The summed E-state index contributed by atoms with van der Waals surface area (Å²) < 4.78 is 5.16. The van der Waals surface area contributed by atoms with Gasteiger partial charge in [-0.05, 0) is 6.92 Å². The van der Waals surface area contributed by atoms with E-state index in [9.17, 15) is 0 Å². The summed E-state index contributed by atoms with van der Waals surface area (Å²) in [6, 6.07) is 0.0369. The second-order valence-electron chi connectivity index (χ2n) is 3.28. The molecule has 0 saturated heterocycles. The lowest BCUT2D eigenvalue weighted by Gasteiger charge is -2.14. The summed E-state index contributed by atoms with van der Waals surface area (Å²) in [7, 11) is 1.53. The van der Waals surface area contributed by atoms with Gasteiger partial charge in [-0.15, -0.1) is 11.3 Å². The van der Waals surface area contributed by atoms with Crippen LogP contribution in [0, 0.1) is 0 Å². The fourth-order valence-electron chi connectivity index (χ4n) is 1.35. The molecule has 0 saturated carbocycles. The van der Waals surface area contributed by atoms with Crippen molar-refractivity contribution in [3.05, 3.63) is 28.1 Å². The maximum Gasteiger partial charge on any atom is 0.198 e. The maximum atomic E-state index is 5.91. The summed E-state index contributed by atoms with van der Waals surface area (Å²) >= 11 is 7.49. The topological polar surface area (TPSA) is 59.9 Å². The molecule has 2 heterocycles. The van der Waals surface area contributed by atoms with Gasteiger partial charge in [0.1, 0.15) is 11.3 Å². The van der Waals surface area contributed by atoms with Crippen LogP contribution in [0.3, 0.4) is 0 Å². The van der Waals surface area contributed by atoms with Gasteiger partial charge in [-0.2, -0.15) is 0 Å². The van der Waals surface area contributed by atoms with Crippen LogP contribution in [-0.2, 0) is 0 Å². The quantitative estimate of drug-likeness (QED) is 0.866. The number of rotatable bonds is 4. The fourth-order valence-corrected chi connectivity index (χ4v) is 2.21. The van der Waals surface area contributed by atoms with Gasteiger partial charge in [0, 0.05) is 11.6 Å². The summed E-state index contributed by atoms with van der Waals surface area (Å²) in [6.45, 7) is 1.99. The van der Waals surface area contributed by atoms with Crippen LogP contribution in [0.5, 0.6) is 5.75 Å². The summed E-state index contributed by atoms with van der Waals surface area (Å²) in [5, 5.41) is 6.38. The van der Waals surface area contributed by atoms with E-state index in [-0.39, 0.29) is 11.2 Å². The molecule has 0 radical (unpaired) electrons. The van der Waals surface area contributed by atoms with Crippen LogP contribution in [0.15, 0.2) is 17.9 Å². The van der Waals surface area contributed by atoms with E-state index in [1.54, 1.807) is 17.5 Å². The zero-order valence-electron chi connectivity index (χ0n) is 9.35. The van der Waals surface area contributed by atoms with Gasteiger partial charge in [0.25, 0.3) is 0 Å². The molecule has 0 fully saturated rings. The SMILES string of the molecule is COc1c(Cl)ncnc1NC(C)c1nccs1. The van der Waals surface area contributed by atoms with Crippen molar-refractivity contribution in [2.75, 3.05) is 12.4 Å². The third-order valence-corrected chi connectivity index (χ3v) is 3.37.